The molecule has 0 radical (unpaired) electrons. The second kappa shape index (κ2) is 4.72. The first kappa shape index (κ1) is 11.7. The van der Waals surface area contributed by atoms with Crippen LogP contribution in [0.25, 0.3) is 0 Å². The zero-order valence-electron chi connectivity index (χ0n) is 10.1. The third kappa shape index (κ3) is 2.41. The van der Waals surface area contributed by atoms with Gasteiger partial charge in [0.05, 0.1) is 6.54 Å². The molecular formula is C13H16N2O2S. The van der Waals surface area contributed by atoms with Gasteiger partial charge in [-0.15, -0.1) is 11.3 Å². The molecule has 2 amide bonds. The highest BCUT2D eigenvalue weighted by Gasteiger charge is 2.37. The van der Waals surface area contributed by atoms with E-state index in [-0.39, 0.29) is 17.9 Å². The predicted molar refractivity (Wildman–Crippen MR) is 69.1 cm³/mol. The Morgan fingerprint density at radius 1 is 1.44 bits per heavy atom. The standard InChI is InChI=1S/C13H16N2O2S/c16-12-6-5-11(13(17)14-9-3-4-9)15(12)8-10-2-1-7-18-10/h1-2,7,9,11H,3-6,8H2,(H,14,17). The van der Waals surface area contributed by atoms with Crippen molar-refractivity contribution in [2.45, 2.75) is 44.3 Å². The number of nitrogens with one attached hydrogen (secondary N) is 1. The van der Waals surface area contributed by atoms with Crippen LogP contribution < -0.4 is 5.32 Å². The van der Waals surface area contributed by atoms with Crippen molar-refractivity contribution >= 4 is 23.2 Å². The van der Waals surface area contributed by atoms with E-state index in [1.807, 2.05) is 17.5 Å². The van der Waals surface area contributed by atoms with E-state index < -0.39 is 0 Å². The number of carbonyl (C=O) groups is 2. The second-order valence-electron chi connectivity index (χ2n) is 4.94. The zero-order chi connectivity index (χ0) is 12.5. The van der Waals surface area contributed by atoms with Gasteiger partial charge in [0.2, 0.25) is 11.8 Å². The van der Waals surface area contributed by atoms with Crippen molar-refractivity contribution in [2.24, 2.45) is 0 Å². The first-order valence-corrected chi connectivity index (χ1v) is 7.24. The number of rotatable bonds is 4. The van der Waals surface area contributed by atoms with Gasteiger partial charge in [-0.25, -0.2) is 0 Å². The van der Waals surface area contributed by atoms with Gasteiger partial charge in [-0.1, -0.05) is 6.07 Å². The molecule has 3 rings (SSSR count). The van der Waals surface area contributed by atoms with Crippen LogP contribution in [0.3, 0.4) is 0 Å². The molecule has 18 heavy (non-hydrogen) atoms. The Kier molecular flexibility index (Phi) is 3.07. The highest BCUT2D eigenvalue weighted by Crippen LogP contribution is 2.25. The van der Waals surface area contributed by atoms with Gasteiger partial charge >= 0.3 is 0 Å². The quantitative estimate of drug-likeness (QED) is 0.896. The maximum absolute atomic E-state index is 12.1. The van der Waals surface area contributed by atoms with Crippen LogP contribution in [-0.2, 0) is 16.1 Å². The topological polar surface area (TPSA) is 49.4 Å². The van der Waals surface area contributed by atoms with Gasteiger partial charge in [-0.05, 0) is 30.7 Å². The molecule has 5 heteroatoms. The lowest BCUT2D eigenvalue weighted by atomic mass is 10.2. The van der Waals surface area contributed by atoms with Crippen LogP contribution in [-0.4, -0.2) is 28.8 Å². The van der Waals surface area contributed by atoms with Crippen molar-refractivity contribution in [3.05, 3.63) is 22.4 Å². The fourth-order valence-corrected chi connectivity index (χ4v) is 3.00. The molecule has 1 aromatic heterocycles. The Morgan fingerprint density at radius 3 is 2.94 bits per heavy atom. The Balaban J connectivity index is 1.68. The second-order valence-corrected chi connectivity index (χ2v) is 5.97. The van der Waals surface area contributed by atoms with Gasteiger partial charge in [0.15, 0.2) is 0 Å². The summed E-state index contributed by atoms with van der Waals surface area (Å²) < 4.78 is 0. The molecule has 1 aliphatic carbocycles. The minimum atomic E-state index is -0.264. The van der Waals surface area contributed by atoms with E-state index in [1.165, 1.54) is 0 Å². The van der Waals surface area contributed by atoms with Crippen molar-refractivity contribution in [3.63, 3.8) is 0 Å². The summed E-state index contributed by atoms with van der Waals surface area (Å²) in [6, 6.07) is 4.07. The number of hydrogen-bond acceptors (Lipinski definition) is 3. The summed E-state index contributed by atoms with van der Waals surface area (Å²) in [7, 11) is 0. The highest BCUT2D eigenvalue weighted by atomic mass is 32.1. The molecule has 4 nitrogen and oxygen atoms in total. The number of thiophene rings is 1. The summed E-state index contributed by atoms with van der Waals surface area (Å²) in [5.74, 6) is 0.124. The predicted octanol–water partition coefficient (Wildman–Crippen LogP) is 1.52. The van der Waals surface area contributed by atoms with Gasteiger partial charge < -0.3 is 10.2 Å². The summed E-state index contributed by atoms with van der Waals surface area (Å²) >= 11 is 1.63. The molecule has 0 bridgehead atoms. The van der Waals surface area contributed by atoms with Crippen LogP contribution in [0, 0.1) is 0 Å². The Hall–Kier alpha value is -1.36. The monoisotopic (exact) mass is 264 g/mol. The SMILES string of the molecule is O=C(NC1CC1)C1CCC(=O)N1Cc1cccs1. The summed E-state index contributed by atoms with van der Waals surface area (Å²) in [5.41, 5.74) is 0. The van der Waals surface area contributed by atoms with Crippen LogP contribution in [0.2, 0.25) is 0 Å². The lowest BCUT2D eigenvalue weighted by Gasteiger charge is -2.23. The molecule has 1 saturated carbocycles. The van der Waals surface area contributed by atoms with E-state index in [4.69, 9.17) is 0 Å². The molecule has 1 aromatic rings. The van der Waals surface area contributed by atoms with E-state index >= 15 is 0 Å². The average molecular weight is 264 g/mol. The molecule has 1 atom stereocenters. The van der Waals surface area contributed by atoms with Crippen LogP contribution in [0.4, 0.5) is 0 Å². The largest absolute Gasteiger partial charge is 0.352 e. The van der Waals surface area contributed by atoms with Gasteiger partial charge in [0.1, 0.15) is 6.04 Å². The lowest BCUT2D eigenvalue weighted by Crippen LogP contribution is -2.44. The molecule has 0 spiro atoms. The average Bonchev–Trinajstić information content (AvgIpc) is 2.88. The summed E-state index contributed by atoms with van der Waals surface area (Å²) in [6.07, 6.45) is 3.31. The molecule has 1 N–H and O–H groups in total. The Morgan fingerprint density at radius 2 is 2.28 bits per heavy atom. The van der Waals surface area contributed by atoms with Crippen LogP contribution in [0.15, 0.2) is 17.5 Å². The molecular weight excluding hydrogens is 248 g/mol. The van der Waals surface area contributed by atoms with E-state index in [0.29, 0.717) is 25.4 Å². The highest BCUT2D eigenvalue weighted by molar-refractivity contribution is 7.09. The van der Waals surface area contributed by atoms with Crippen LogP contribution in [0.1, 0.15) is 30.6 Å². The molecule has 1 saturated heterocycles. The molecule has 1 aliphatic heterocycles. The third-order valence-corrected chi connectivity index (χ3v) is 4.32. The number of amides is 2. The number of hydrogen-bond donors (Lipinski definition) is 1. The minimum absolute atomic E-state index is 0.0277. The molecule has 96 valence electrons. The lowest BCUT2D eigenvalue weighted by molar-refractivity contribution is -0.135. The van der Waals surface area contributed by atoms with Crippen molar-refractivity contribution < 1.29 is 9.59 Å². The molecule has 2 aliphatic rings. The van der Waals surface area contributed by atoms with Crippen molar-refractivity contribution in [1.29, 1.82) is 0 Å². The smallest absolute Gasteiger partial charge is 0.243 e. The Bertz CT molecular complexity index is 454. The maximum Gasteiger partial charge on any atom is 0.243 e. The number of carbonyl (C=O) groups excluding carboxylic acids is 2. The Labute approximate surface area is 110 Å². The third-order valence-electron chi connectivity index (χ3n) is 3.46. The van der Waals surface area contributed by atoms with Crippen molar-refractivity contribution in [2.75, 3.05) is 0 Å². The van der Waals surface area contributed by atoms with Crippen LogP contribution >= 0.6 is 11.3 Å². The van der Waals surface area contributed by atoms with Gasteiger partial charge in [-0.3, -0.25) is 9.59 Å². The van der Waals surface area contributed by atoms with E-state index in [0.717, 1.165) is 17.7 Å². The van der Waals surface area contributed by atoms with E-state index in [9.17, 15) is 9.59 Å². The van der Waals surface area contributed by atoms with Gasteiger partial charge in [0.25, 0.3) is 0 Å². The molecule has 2 heterocycles. The number of likely N-dealkylation sites (tertiary alicyclic amines) is 1. The van der Waals surface area contributed by atoms with E-state index in [2.05, 4.69) is 5.32 Å². The maximum atomic E-state index is 12.1. The summed E-state index contributed by atoms with van der Waals surface area (Å²) in [6.45, 7) is 0.569. The van der Waals surface area contributed by atoms with Crippen molar-refractivity contribution in [1.82, 2.24) is 10.2 Å². The van der Waals surface area contributed by atoms with Crippen molar-refractivity contribution in [3.8, 4) is 0 Å². The first-order valence-electron chi connectivity index (χ1n) is 6.36. The molecule has 2 fully saturated rings. The summed E-state index contributed by atoms with van der Waals surface area (Å²) in [4.78, 5) is 26.8. The minimum Gasteiger partial charge on any atom is -0.352 e. The number of nitrogens with zero attached hydrogens (tertiary/aromatic N) is 1. The fraction of sp³-hybridized carbons (Fsp3) is 0.538. The zero-order valence-corrected chi connectivity index (χ0v) is 10.9. The fourth-order valence-electron chi connectivity index (χ4n) is 2.30. The van der Waals surface area contributed by atoms with E-state index in [1.54, 1.807) is 16.2 Å². The first-order chi connectivity index (χ1) is 8.74. The van der Waals surface area contributed by atoms with Gasteiger partial charge in [0, 0.05) is 17.3 Å². The molecule has 1 unspecified atom stereocenters. The van der Waals surface area contributed by atoms with Gasteiger partial charge in [-0.2, -0.15) is 0 Å². The molecule has 0 aromatic carbocycles. The van der Waals surface area contributed by atoms with Crippen LogP contribution in [0.5, 0.6) is 0 Å². The summed E-state index contributed by atoms with van der Waals surface area (Å²) in [5, 5.41) is 4.99. The normalized spacial score (nSPS) is 23.4.